The second kappa shape index (κ2) is 7.84. The molecule has 4 nitrogen and oxygen atoms in total. The van der Waals surface area contributed by atoms with Gasteiger partial charge in [0, 0.05) is 19.3 Å². The number of benzene rings is 1. The SMILES string of the molecule is CCNC(CCc1cnn(C)c1)Cc1ccccc1OC. The first-order chi connectivity index (χ1) is 10.2. The maximum atomic E-state index is 5.45. The molecule has 114 valence electrons. The lowest BCUT2D eigenvalue weighted by atomic mass is 9.99. The van der Waals surface area contributed by atoms with Crippen LogP contribution >= 0.6 is 0 Å². The Balaban J connectivity index is 1.98. The molecule has 0 saturated heterocycles. The van der Waals surface area contributed by atoms with E-state index in [0.29, 0.717) is 6.04 Å². The Morgan fingerprint density at radius 1 is 1.33 bits per heavy atom. The fraction of sp³-hybridized carbons (Fsp3) is 0.471. The van der Waals surface area contributed by atoms with E-state index in [4.69, 9.17) is 4.74 Å². The summed E-state index contributed by atoms with van der Waals surface area (Å²) in [5.74, 6) is 0.974. The molecule has 1 aromatic carbocycles. The van der Waals surface area contributed by atoms with Gasteiger partial charge in [0.15, 0.2) is 0 Å². The highest BCUT2D eigenvalue weighted by molar-refractivity contribution is 5.33. The molecule has 0 aliphatic heterocycles. The van der Waals surface area contributed by atoms with Gasteiger partial charge < -0.3 is 10.1 Å². The highest BCUT2D eigenvalue weighted by Gasteiger charge is 2.12. The monoisotopic (exact) mass is 287 g/mol. The number of hydrogen-bond donors (Lipinski definition) is 1. The largest absolute Gasteiger partial charge is 0.496 e. The zero-order valence-electron chi connectivity index (χ0n) is 13.2. The molecule has 21 heavy (non-hydrogen) atoms. The summed E-state index contributed by atoms with van der Waals surface area (Å²) in [6.07, 6.45) is 7.16. The summed E-state index contributed by atoms with van der Waals surface area (Å²) in [6, 6.07) is 8.71. The van der Waals surface area contributed by atoms with Gasteiger partial charge in [-0.2, -0.15) is 5.10 Å². The zero-order chi connectivity index (χ0) is 15.1. The van der Waals surface area contributed by atoms with Gasteiger partial charge in [0.1, 0.15) is 5.75 Å². The van der Waals surface area contributed by atoms with Gasteiger partial charge in [0.2, 0.25) is 0 Å². The Labute approximate surface area is 127 Å². The van der Waals surface area contributed by atoms with E-state index in [1.165, 1.54) is 11.1 Å². The molecule has 4 heteroatoms. The number of ether oxygens (including phenoxy) is 1. The van der Waals surface area contributed by atoms with E-state index in [9.17, 15) is 0 Å². The van der Waals surface area contributed by atoms with Gasteiger partial charge in [-0.1, -0.05) is 25.1 Å². The summed E-state index contributed by atoms with van der Waals surface area (Å²) in [5, 5.41) is 7.80. The van der Waals surface area contributed by atoms with Gasteiger partial charge in [-0.3, -0.25) is 4.68 Å². The molecular weight excluding hydrogens is 262 g/mol. The number of aryl methyl sites for hydroxylation is 2. The van der Waals surface area contributed by atoms with E-state index in [0.717, 1.165) is 31.6 Å². The summed E-state index contributed by atoms with van der Waals surface area (Å²) < 4.78 is 7.31. The maximum absolute atomic E-state index is 5.45. The summed E-state index contributed by atoms with van der Waals surface area (Å²) in [5.41, 5.74) is 2.55. The standard InChI is InChI=1S/C17H25N3O/c1-4-18-16(10-9-14-12-19-20(2)13-14)11-15-7-5-6-8-17(15)21-3/h5-8,12-13,16,18H,4,9-11H2,1-3H3. The predicted octanol–water partition coefficient (Wildman–Crippen LogP) is 2.58. The van der Waals surface area contributed by atoms with Crippen molar-refractivity contribution >= 4 is 0 Å². The first-order valence-corrected chi connectivity index (χ1v) is 7.55. The molecule has 1 atom stereocenters. The average Bonchev–Trinajstić information content (AvgIpc) is 2.91. The van der Waals surface area contributed by atoms with Crippen LogP contribution in [0.1, 0.15) is 24.5 Å². The van der Waals surface area contributed by atoms with E-state index in [1.54, 1.807) is 7.11 Å². The number of nitrogens with one attached hydrogen (secondary N) is 1. The Bertz CT molecular complexity index is 550. The van der Waals surface area contributed by atoms with Crippen LogP contribution in [0.5, 0.6) is 5.75 Å². The van der Waals surface area contributed by atoms with Crippen molar-refractivity contribution in [3.63, 3.8) is 0 Å². The summed E-state index contributed by atoms with van der Waals surface area (Å²) in [7, 11) is 3.69. The number of methoxy groups -OCH3 is 1. The van der Waals surface area contributed by atoms with Crippen molar-refractivity contribution in [3.8, 4) is 5.75 Å². The Kier molecular flexibility index (Phi) is 5.81. The van der Waals surface area contributed by atoms with Crippen LogP contribution in [0.15, 0.2) is 36.7 Å². The second-order valence-corrected chi connectivity index (χ2v) is 5.33. The van der Waals surface area contributed by atoms with Crippen LogP contribution in [-0.2, 0) is 19.9 Å². The molecule has 1 heterocycles. The Hall–Kier alpha value is -1.81. The molecule has 0 aliphatic rings. The first kappa shape index (κ1) is 15.6. The fourth-order valence-corrected chi connectivity index (χ4v) is 2.64. The third-order valence-corrected chi connectivity index (χ3v) is 3.69. The minimum absolute atomic E-state index is 0.450. The van der Waals surface area contributed by atoms with Crippen LogP contribution < -0.4 is 10.1 Å². The van der Waals surface area contributed by atoms with Crippen molar-refractivity contribution in [2.45, 2.75) is 32.2 Å². The van der Waals surface area contributed by atoms with Gasteiger partial charge in [-0.05, 0) is 43.0 Å². The van der Waals surface area contributed by atoms with Crippen LogP contribution in [0.3, 0.4) is 0 Å². The third-order valence-electron chi connectivity index (χ3n) is 3.69. The highest BCUT2D eigenvalue weighted by Crippen LogP contribution is 2.20. The normalized spacial score (nSPS) is 12.3. The molecule has 0 spiro atoms. The average molecular weight is 287 g/mol. The van der Waals surface area contributed by atoms with Crippen molar-refractivity contribution < 1.29 is 4.74 Å². The van der Waals surface area contributed by atoms with Crippen LogP contribution in [0.2, 0.25) is 0 Å². The lowest BCUT2D eigenvalue weighted by Gasteiger charge is -2.19. The van der Waals surface area contributed by atoms with Crippen molar-refractivity contribution in [2.75, 3.05) is 13.7 Å². The predicted molar refractivity (Wildman–Crippen MR) is 85.7 cm³/mol. The summed E-state index contributed by atoms with van der Waals surface area (Å²) >= 11 is 0. The number of hydrogen-bond acceptors (Lipinski definition) is 3. The lowest BCUT2D eigenvalue weighted by molar-refractivity contribution is 0.403. The minimum Gasteiger partial charge on any atom is -0.496 e. The topological polar surface area (TPSA) is 39.1 Å². The Morgan fingerprint density at radius 3 is 2.81 bits per heavy atom. The first-order valence-electron chi connectivity index (χ1n) is 7.55. The molecule has 0 radical (unpaired) electrons. The quantitative estimate of drug-likeness (QED) is 0.811. The van der Waals surface area contributed by atoms with Gasteiger partial charge in [-0.15, -0.1) is 0 Å². The molecule has 2 aromatic rings. The number of likely N-dealkylation sites (N-methyl/N-ethyl adjacent to an activating group) is 1. The molecule has 1 N–H and O–H groups in total. The van der Waals surface area contributed by atoms with E-state index in [-0.39, 0.29) is 0 Å². The van der Waals surface area contributed by atoms with E-state index < -0.39 is 0 Å². The van der Waals surface area contributed by atoms with Crippen LogP contribution in [0.4, 0.5) is 0 Å². The molecule has 0 saturated carbocycles. The van der Waals surface area contributed by atoms with Gasteiger partial charge >= 0.3 is 0 Å². The molecule has 1 unspecified atom stereocenters. The molecule has 1 aromatic heterocycles. The number of para-hydroxylation sites is 1. The van der Waals surface area contributed by atoms with Gasteiger partial charge in [-0.25, -0.2) is 0 Å². The van der Waals surface area contributed by atoms with E-state index >= 15 is 0 Å². The van der Waals surface area contributed by atoms with Crippen molar-refractivity contribution in [2.24, 2.45) is 7.05 Å². The van der Waals surface area contributed by atoms with Crippen LogP contribution in [0, 0.1) is 0 Å². The smallest absolute Gasteiger partial charge is 0.122 e. The number of rotatable bonds is 8. The van der Waals surface area contributed by atoms with Gasteiger partial charge in [0.05, 0.1) is 13.3 Å². The van der Waals surface area contributed by atoms with Crippen LogP contribution in [0.25, 0.3) is 0 Å². The molecule has 0 aliphatic carbocycles. The van der Waals surface area contributed by atoms with Crippen molar-refractivity contribution in [1.82, 2.24) is 15.1 Å². The molecule has 0 bridgehead atoms. The summed E-state index contributed by atoms with van der Waals surface area (Å²) in [6.45, 7) is 3.13. The third kappa shape index (κ3) is 4.60. The Morgan fingerprint density at radius 2 is 2.14 bits per heavy atom. The van der Waals surface area contributed by atoms with Gasteiger partial charge in [0.25, 0.3) is 0 Å². The number of nitrogens with zero attached hydrogens (tertiary/aromatic N) is 2. The van der Waals surface area contributed by atoms with E-state index in [2.05, 4.69) is 35.7 Å². The van der Waals surface area contributed by atoms with E-state index in [1.807, 2.05) is 30.1 Å². The molecule has 0 amide bonds. The highest BCUT2D eigenvalue weighted by atomic mass is 16.5. The summed E-state index contributed by atoms with van der Waals surface area (Å²) in [4.78, 5) is 0. The maximum Gasteiger partial charge on any atom is 0.122 e. The minimum atomic E-state index is 0.450. The van der Waals surface area contributed by atoms with Crippen LogP contribution in [-0.4, -0.2) is 29.5 Å². The van der Waals surface area contributed by atoms with Crippen molar-refractivity contribution in [1.29, 1.82) is 0 Å². The van der Waals surface area contributed by atoms with Crippen molar-refractivity contribution in [3.05, 3.63) is 47.8 Å². The fourth-order valence-electron chi connectivity index (χ4n) is 2.64. The molecule has 0 fully saturated rings. The molecule has 2 rings (SSSR count). The second-order valence-electron chi connectivity index (χ2n) is 5.33. The zero-order valence-corrected chi connectivity index (χ0v) is 13.2. The lowest BCUT2D eigenvalue weighted by Crippen LogP contribution is -2.31. The number of aromatic nitrogens is 2. The molecular formula is C17H25N3O.